The zero-order valence-electron chi connectivity index (χ0n) is 12.7. The van der Waals surface area contributed by atoms with Crippen LogP contribution in [0.3, 0.4) is 0 Å². The molecule has 0 saturated heterocycles. The van der Waals surface area contributed by atoms with Crippen LogP contribution in [0.2, 0.25) is 0 Å². The van der Waals surface area contributed by atoms with E-state index < -0.39 is 0 Å². The van der Waals surface area contributed by atoms with Gasteiger partial charge in [-0.2, -0.15) is 0 Å². The van der Waals surface area contributed by atoms with Crippen LogP contribution in [0.5, 0.6) is 0 Å². The number of nitrogens with zero attached hydrogens (tertiary/aromatic N) is 2. The van der Waals surface area contributed by atoms with E-state index in [0.717, 1.165) is 25.3 Å². The zero-order valence-corrected chi connectivity index (χ0v) is 12.7. The summed E-state index contributed by atoms with van der Waals surface area (Å²) in [5, 5.41) is 0. The van der Waals surface area contributed by atoms with Crippen LogP contribution >= 0.6 is 0 Å². The molecule has 1 aliphatic carbocycles. The van der Waals surface area contributed by atoms with E-state index in [2.05, 4.69) is 24.2 Å². The highest BCUT2D eigenvalue weighted by atomic mass is 16.5. The first kappa shape index (κ1) is 16.2. The van der Waals surface area contributed by atoms with Crippen LogP contribution in [-0.2, 0) is 4.74 Å². The van der Waals surface area contributed by atoms with Gasteiger partial charge < -0.3 is 9.64 Å². The van der Waals surface area contributed by atoms with Crippen molar-refractivity contribution < 1.29 is 4.74 Å². The Kier molecular flexibility index (Phi) is 7.82. The van der Waals surface area contributed by atoms with Gasteiger partial charge >= 0.3 is 0 Å². The molecule has 0 spiro atoms. The Morgan fingerprint density at radius 3 is 2.47 bits per heavy atom. The largest absolute Gasteiger partial charge is 0.383 e. The van der Waals surface area contributed by atoms with Gasteiger partial charge in [-0.3, -0.25) is 5.43 Å². The molecule has 0 unspecified atom stereocenters. The van der Waals surface area contributed by atoms with Gasteiger partial charge in [0.1, 0.15) is 0 Å². The molecule has 0 amide bonds. The molecule has 0 aromatic heterocycles. The van der Waals surface area contributed by atoms with E-state index in [9.17, 15) is 0 Å². The lowest BCUT2D eigenvalue weighted by Gasteiger charge is -2.33. The van der Waals surface area contributed by atoms with Crippen LogP contribution in [-0.4, -0.2) is 43.2 Å². The molecule has 1 saturated carbocycles. The third-order valence-corrected chi connectivity index (χ3v) is 3.95. The van der Waals surface area contributed by atoms with Crippen LogP contribution in [0.15, 0.2) is 4.99 Å². The predicted octanol–water partition coefficient (Wildman–Crippen LogP) is 1.89. The van der Waals surface area contributed by atoms with Gasteiger partial charge in [0.2, 0.25) is 5.96 Å². The Morgan fingerprint density at radius 2 is 2.00 bits per heavy atom. The molecular weight excluding hydrogens is 240 g/mol. The number of hydrazine groups is 1. The molecule has 0 aromatic carbocycles. The van der Waals surface area contributed by atoms with Crippen molar-refractivity contribution in [2.24, 2.45) is 10.8 Å². The summed E-state index contributed by atoms with van der Waals surface area (Å²) in [4.78, 5) is 7.08. The molecule has 0 heterocycles. The maximum atomic E-state index is 5.71. The Labute approximate surface area is 117 Å². The minimum absolute atomic E-state index is 0.436. The third kappa shape index (κ3) is 4.99. The van der Waals surface area contributed by atoms with E-state index in [1.165, 1.54) is 25.7 Å². The molecule has 1 rings (SSSR count). The van der Waals surface area contributed by atoms with Gasteiger partial charge in [0.25, 0.3) is 0 Å². The highest BCUT2D eigenvalue weighted by Crippen LogP contribution is 2.21. The number of guanidine groups is 1. The summed E-state index contributed by atoms with van der Waals surface area (Å²) in [6, 6.07) is 0.900. The van der Waals surface area contributed by atoms with Crippen molar-refractivity contribution in [1.29, 1.82) is 0 Å². The summed E-state index contributed by atoms with van der Waals surface area (Å²) in [6.07, 6.45) is 7.12. The van der Waals surface area contributed by atoms with Crippen LogP contribution < -0.4 is 11.3 Å². The number of nitrogens with two attached hydrogens (primary N) is 1. The second kappa shape index (κ2) is 9.15. The quantitative estimate of drug-likeness (QED) is 0.321. The maximum absolute atomic E-state index is 5.71. The van der Waals surface area contributed by atoms with Gasteiger partial charge in [0.15, 0.2) is 0 Å². The van der Waals surface area contributed by atoms with Gasteiger partial charge in [0, 0.05) is 19.7 Å². The first-order valence-electron chi connectivity index (χ1n) is 7.56. The molecule has 1 aliphatic rings. The highest BCUT2D eigenvalue weighted by Gasteiger charge is 2.21. The molecule has 1 fully saturated rings. The SMILES string of the molecule is CCC(CC)N(CCOC)C(=NC1CCCC1)NN. The number of hydrogen-bond acceptors (Lipinski definition) is 3. The van der Waals surface area contributed by atoms with Crippen LogP contribution in [0.4, 0.5) is 0 Å². The summed E-state index contributed by atoms with van der Waals surface area (Å²) >= 11 is 0. The molecule has 19 heavy (non-hydrogen) atoms. The van der Waals surface area contributed by atoms with Crippen molar-refractivity contribution in [1.82, 2.24) is 10.3 Å². The molecule has 0 radical (unpaired) electrons. The normalized spacial score (nSPS) is 17.2. The standard InChI is InChI=1S/C14H30N4O/c1-4-13(5-2)18(10-11-19-3)14(17-15)16-12-8-6-7-9-12/h12-13H,4-11,15H2,1-3H3,(H,16,17). The molecular formula is C14H30N4O. The number of nitrogens with one attached hydrogen (secondary N) is 1. The molecule has 5 nitrogen and oxygen atoms in total. The number of methoxy groups -OCH3 is 1. The number of ether oxygens (including phenoxy) is 1. The van der Waals surface area contributed by atoms with Crippen LogP contribution in [0.1, 0.15) is 52.4 Å². The van der Waals surface area contributed by atoms with Gasteiger partial charge in [-0.05, 0) is 25.7 Å². The smallest absolute Gasteiger partial charge is 0.209 e. The Morgan fingerprint density at radius 1 is 1.37 bits per heavy atom. The van der Waals surface area contributed by atoms with E-state index in [0.29, 0.717) is 18.7 Å². The zero-order chi connectivity index (χ0) is 14.1. The first-order valence-corrected chi connectivity index (χ1v) is 7.56. The number of hydrogen-bond donors (Lipinski definition) is 2. The van der Waals surface area contributed by atoms with Gasteiger partial charge in [-0.1, -0.05) is 26.7 Å². The van der Waals surface area contributed by atoms with Crippen molar-refractivity contribution in [3.05, 3.63) is 0 Å². The van der Waals surface area contributed by atoms with Crippen molar-refractivity contribution in [3.8, 4) is 0 Å². The fraction of sp³-hybridized carbons (Fsp3) is 0.929. The highest BCUT2D eigenvalue weighted by molar-refractivity contribution is 5.80. The second-order valence-corrected chi connectivity index (χ2v) is 5.19. The van der Waals surface area contributed by atoms with E-state index in [4.69, 9.17) is 15.6 Å². The predicted molar refractivity (Wildman–Crippen MR) is 80.0 cm³/mol. The average Bonchev–Trinajstić information content (AvgIpc) is 2.94. The fourth-order valence-corrected chi connectivity index (χ4v) is 2.78. The van der Waals surface area contributed by atoms with Gasteiger partial charge in [-0.25, -0.2) is 10.8 Å². The lowest BCUT2D eigenvalue weighted by Crippen LogP contribution is -2.51. The first-order chi connectivity index (χ1) is 9.26. The molecule has 0 aliphatic heterocycles. The number of aliphatic imine (C=N–C) groups is 1. The summed E-state index contributed by atoms with van der Waals surface area (Å²) in [5.74, 6) is 6.54. The molecule has 112 valence electrons. The molecule has 0 aromatic rings. The van der Waals surface area contributed by atoms with Crippen molar-refractivity contribution in [2.45, 2.75) is 64.5 Å². The Hall–Kier alpha value is -0.810. The van der Waals surface area contributed by atoms with E-state index in [1.807, 2.05) is 0 Å². The topological polar surface area (TPSA) is 62.9 Å². The molecule has 5 heteroatoms. The van der Waals surface area contributed by atoms with E-state index in [1.54, 1.807) is 7.11 Å². The van der Waals surface area contributed by atoms with Crippen LogP contribution in [0, 0.1) is 0 Å². The Bertz CT molecular complexity index is 260. The molecule has 0 atom stereocenters. The van der Waals surface area contributed by atoms with E-state index >= 15 is 0 Å². The minimum atomic E-state index is 0.436. The summed E-state index contributed by atoms with van der Waals surface area (Å²) in [7, 11) is 1.73. The summed E-state index contributed by atoms with van der Waals surface area (Å²) < 4.78 is 5.21. The fourth-order valence-electron chi connectivity index (χ4n) is 2.78. The van der Waals surface area contributed by atoms with Crippen LogP contribution in [0.25, 0.3) is 0 Å². The lowest BCUT2D eigenvalue weighted by atomic mass is 10.1. The van der Waals surface area contributed by atoms with Crippen molar-refractivity contribution >= 4 is 5.96 Å². The number of rotatable bonds is 7. The van der Waals surface area contributed by atoms with E-state index in [-0.39, 0.29) is 0 Å². The molecule has 0 bridgehead atoms. The summed E-state index contributed by atoms with van der Waals surface area (Å²) in [6.45, 7) is 5.94. The Balaban J connectivity index is 2.77. The minimum Gasteiger partial charge on any atom is -0.383 e. The maximum Gasteiger partial charge on any atom is 0.209 e. The van der Waals surface area contributed by atoms with Gasteiger partial charge in [-0.15, -0.1) is 0 Å². The lowest BCUT2D eigenvalue weighted by molar-refractivity contribution is 0.156. The van der Waals surface area contributed by atoms with Gasteiger partial charge in [0.05, 0.1) is 12.6 Å². The monoisotopic (exact) mass is 270 g/mol. The van der Waals surface area contributed by atoms with Crippen molar-refractivity contribution in [2.75, 3.05) is 20.3 Å². The third-order valence-electron chi connectivity index (χ3n) is 3.95. The second-order valence-electron chi connectivity index (χ2n) is 5.19. The molecule has 3 N–H and O–H groups in total. The summed E-state index contributed by atoms with van der Waals surface area (Å²) in [5.41, 5.74) is 2.81. The van der Waals surface area contributed by atoms with Crippen molar-refractivity contribution in [3.63, 3.8) is 0 Å². The average molecular weight is 270 g/mol.